The summed E-state index contributed by atoms with van der Waals surface area (Å²) in [6.07, 6.45) is 6.72. The van der Waals surface area contributed by atoms with Gasteiger partial charge in [0.15, 0.2) is 0 Å². The largest absolute Gasteiger partial charge is 0.497 e. The molecule has 3 atom stereocenters. The Labute approximate surface area is 148 Å². The number of amides is 2. The van der Waals surface area contributed by atoms with E-state index in [0.717, 1.165) is 43.8 Å². The number of hydrogen-bond acceptors (Lipinski definition) is 4. The van der Waals surface area contributed by atoms with E-state index in [1.54, 1.807) is 7.11 Å². The van der Waals surface area contributed by atoms with Gasteiger partial charge in [0, 0.05) is 49.5 Å². The predicted octanol–water partition coefficient (Wildman–Crippen LogP) is 1.90. The summed E-state index contributed by atoms with van der Waals surface area (Å²) in [7, 11) is 1.67. The highest BCUT2D eigenvalue weighted by Gasteiger charge is 2.24. The van der Waals surface area contributed by atoms with Crippen LogP contribution in [0.1, 0.15) is 19.3 Å². The first-order chi connectivity index (χ1) is 12.2. The second kappa shape index (κ2) is 8.25. The van der Waals surface area contributed by atoms with Crippen LogP contribution in [0.15, 0.2) is 36.4 Å². The number of anilines is 1. The van der Waals surface area contributed by atoms with Gasteiger partial charge >= 0.3 is 6.03 Å². The lowest BCUT2D eigenvalue weighted by atomic mass is 10.0. The zero-order valence-corrected chi connectivity index (χ0v) is 14.6. The Balaban J connectivity index is 1.51. The standard InChI is InChI=1S/C19H27N3O3/c1-25-18-6-2-5-17(11-18)22-9-3-4-16(12-22)21-19(24)20-15-8-7-14(10-15)13-23/h2,5-8,11,14-16,23H,3-4,9-10,12-13H2,1H3,(H2,20,21,24)/t14-,15+,16?/m0/s1. The molecule has 1 aliphatic carbocycles. The molecular weight excluding hydrogens is 318 g/mol. The summed E-state index contributed by atoms with van der Waals surface area (Å²) >= 11 is 0. The third-order valence-corrected chi connectivity index (χ3v) is 4.90. The minimum absolute atomic E-state index is 0.00947. The number of ether oxygens (including phenoxy) is 1. The minimum atomic E-state index is -0.134. The number of rotatable bonds is 5. The number of nitrogens with zero attached hydrogens (tertiary/aromatic N) is 1. The second-order valence-corrected chi connectivity index (χ2v) is 6.77. The molecule has 6 heteroatoms. The third kappa shape index (κ3) is 4.66. The molecule has 0 aromatic heterocycles. The van der Waals surface area contributed by atoms with E-state index >= 15 is 0 Å². The summed E-state index contributed by atoms with van der Waals surface area (Å²) in [6, 6.07) is 8.03. The molecule has 0 bridgehead atoms. The monoisotopic (exact) mass is 345 g/mol. The Morgan fingerprint density at radius 1 is 1.36 bits per heavy atom. The second-order valence-electron chi connectivity index (χ2n) is 6.77. The summed E-state index contributed by atoms with van der Waals surface area (Å²) in [6.45, 7) is 1.91. The van der Waals surface area contributed by atoms with E-state index in [1.807, 2.05) is 30.4 Å². The fourth-order valence-corrected chi connectivity index (χ4v) is 3.55. The molecule has 25 heavy (non-hydrogen) atoms. The quantitative estimate of drug-likeness (QED) is 0.713. The van der Waals surface area contributed by atoms with Gasteiger partial charge < -0.3 is 25.4 Å². The van der Waals surface area contributed by atoms with Gasteiger partial charge in [0.25, 0.3) is 0 Å². The van der Waals surface area contributed by atoms with Gasteiger partial charge in [0.05, 0.1) is 7.11 Å². The number of urea groups is 1. The van der Waals surface area contributed by atoms with Crippen LogP contribution in [0.5, 0.6) is 5.75 Å². The number of methoxy groups -OCH3 is 1. The molecule has 1 unspecified atom stereocenters. The SMILES string of the molecule is COc1cccc(N2CCCC(NC(=O)N[C@@H]3C=C[C@H](CO)C3)C2)c1. The van der Waals surface area contributed by atoms with Crippen LogP contribution in [-0.2, 0) is 0 Å². The topological polar surface area (TPSA) is 73.8 Å². The number of aliphatic hydroxyl groups is 1. The molecule has 1 aliphatic heterocycles. The van der Waals surface area contributed by atoms with E-state index in [1.165, 1.54) is 0 Å². The van der Waals surface area contributed by atoms with Crippen molar-refractivity contribution in [2.75, 3.05) is 31.7 Å². The minimum Gasteiger partial charge on any atom is -0.497 e. The molecular formula is C19H27N3O3. The van der Waals surface area contributed by atoms with E-state index in [4.69, 9.17) is 9.84 Å². The first-order valence-corrected chi connectivity index (χ1v) is 8.93. The summed E-state index contributed by atoms with van der Waals surface area (Å²) < 4.78 is 5.30. The molecule has 0 spiro atoms. The lowest BCUT2D eigenvalue weighted by Crippen LogP contribution is -2.52. The zero-order valence-electron chi connectivity index (χ0n) is 14.6. The van der Waals surface area contributed by atoms with Crippen molar-refractivity contribution >= 4 is 11.7 Å². The van der Waals surface area contributed by atoms with Crippen molar-refractivity contribution in [1.29, 1.82) is 0 Å². The van der Waals surface area contributed by atoms with Crippen molar-refractivity contribution in [1.82, 2.24) is 10.6 Å². The average molecular weight is 345 g/mol. The molecule has 2 amide bonds. The van der Waals surface area contributed by atoms with Gasteiger partial charge in [0.2, 0.25) is 0 Å². The zero-order chi connectivity index (χ0) is 17.6. The van der Waals surface area contributed by atoms with Crippen molar-refractivity contribution in [3.8, 4) is 5.75 Å². The Kier molecular flexibility index (Phi) is 5.81. The molecule has 136 valence electrons. The van der Waals surface area contributed by atoms with Crippen LogP contribution in [0, 0.1) is 5.92 Å². The van der Waals surface area contributed by atoms with E-state index < -0.39 is 0 Å². The van der Waals surface area contributed by atoms with Gasteiger partial charge in [-0.25, -0.2) is 4.79 Å². The average Bonchev–Trinajstić information content (AvgIpc) is 3.09. The summed E-state index contributed by atoms with van der Waals surface area (Å²) in [4.78, 5) is 14.5. The van der Waals surface area contributed by atoms with E-state index in [0.29, 0.717) is 0 Å². The normalized spacial score (nSPS) is 25.7. The number of benzene rings is 1. The molecule has 0 saturated carbocycles. The van der Waals surface area contributed by atoms with Crippen LogP contribution < -0.4 is 20.3 Å². The number of carbonyl (C=O) groups is 1. The van der Waals surface area contributed by atoms with Crippen molar-refractivity contribution in [2.24, 2.45) is 5.92 Å². The number of nitrogens with one attached hydrogen (secondary N) is 2. The maximum absolute atomic E-state index is 12.2. The fraction of sp³-hybridized carbons (Fsp3) is 0.526. The molecule has 0 radical (unpaired) electrons. The van der Waals surface area contributed by atoms with Gasteiger partial charge in [-0.3, -0.25) is 0 Å². The van der Waals surface area contributed by atoms with Crippen molar-refractivity contribution in [3.63, 3.8) is 0 Å². The molecule has 1 saturated heterocycles. The first-order valence-electron chi connectivity index (χ1n) is 8.93. The van der Waals surface area contributed by atoms with E-state index in [9.17, 15) is 4.79 Å². The highest BCUT2D eigenvalue weighted by molar-refractivity contribution is 5.75. The number of piperidine rings is 1. The molecule has 1 heterocycles. The van der Waals surface area contributed by atoms with E-state index in [-0.39, 0.29) is 30.6 Å². The summed E-state index contributed by atoms with van der Waals surface area (Å²) in [5.74, 6) is 1.00. The predicted molar refractivity (Wildman–Crippen MR) is 98.0 cm³/mol. The molecule has 1 fully saturated rings. The lowest BCUT2D eigenvalue weighted by Gasteiger charge is -2.35. The highest BCUT2D eigenvalue weighted by Crippen LogP contribution is 2.24. The van der Waals surface area contributed by atoms with Gasteiger partial charge in [-0.2, -0.15) is 0 Å². The van der Waals surface area contributed by atoms with Crippen LogP contribution in [-0.4, -0.2) is 50.0 Å². The van der Waals surface area contributed by atoms with Crippen LogP contribution >= 0.6 is 0 Å². The Bertz CT molecular complexity index is 620. The first kappa shape index (κ1) is 17.6. The van der Waals surface area contributed by atoms with Crippen molar-refractivity contribution in [2.45, 2.75) is 31.3 Å². The summed E-state index contributed by atoms with van der Waals surface area (Å²) in [5, 5.41) is 15.2. The molecule has 2 aliphatic rings. The van der Waals surface area contributed by atoms with Crippen LogP contribution in [0.3, 0.4) is 0 Å². The van der Waals surface area contributed by atoms with Gasteiger partial charge in [-0.1, -0.05) is 18.2 Å². The Morgan fingerprint density at radius 2 is 2.24 bits per heavy atom. The molecule has 3 N–H and O–H groups in total. The maximum Gasteiger partial charge on any atom is 0.315 e. The smallest absolute Gasteiger partial charge is 0.315 e. The number of aliphatic hydroxyl groups excluding tert-OH is 1. The number of carbonyl (C=O) groups excluding carboxylic acids is 1. The van der Waals surface area contributed by atoms with E-state index in [2.05, 4.69) is 21.6 Å². The van der Waals surface area contributed by atoms with Crippen molar-refractivity contribution in [3.05, 3.63) is 36.4 Å². The molecule has 3 rings (SSSR count). The highest BCUT2D eigenvalue weighted by atomic mass is 16.5. The number of hydrogen-bond donors (Lipinski definition) is 3. The van der Waals surface area contributed by atoms with Gasteiger partial charge in [0.1, 0.15) is 5.75 Å². The lowest BCUT2D eigenvalue weighted by molar-refractivity contribution is 0.227. The molecule has 6 nitrogen and oxygen atoms in total. The third-order valence-electron chi connectivity index (χ3n) is 4.90. The molecule has 1 aromatic rings. The Hall–Kier alpha value is -2.21. The van der Waals surface area contributed by atoms with Crippen LogP contribution in [0.25, 0.3) is 0 Å². The maximum atomic E-state index is 12.2. The fourth-order valence-electron chi connectivity index (χ4n) is 3.55. The molecule has 1 aromatic carbocycles. The Morgan fingerprint density at radius 3 is 3.00 bits per heavy atom. The van der Waals surface area contributed by atoms with Crippen LogP contribution in [0.4, 0.5) is 10.5 Å². The van der Waals surface area contributed by atoms with Crippen LogP contribution in [0.2, 0.25) is 0 Å². The van der Waals surface area contributed by atoms with Gasteiger partial charge in [-0.05, 0) is 31.4 Å². The van der Waals surface area contributed by atoms with Gasteiger partial charge in [-0.15, -0.1) is 0 Å². The van der Waals surface area contributed by atoms with Crippen molar-refractivity contribution < 1.29 is 14.6 Å². The summed E-state index contributed by atoms with van der Waals surface area (Å²) in [5.41, 5.74) is 1.12.